The molecule has 1 aromatic carbocycles. The molecule has 0 amide bonds. The van der Waals surface area contributed by atoms with Gasteiger partial charge in [0.05, 0.1) is 22.6 Å². The molecule has 0 bridgehead atoms. The van der Waals surface area contributed by atoms with Gasteiger partial charge in [0, 0.05) is 6.04 Å². The van der Waals surface area contributed by atoms with E-state index in [0.29, 0.717) is 28.6 Å². The van der Waals surface area contributed by atoms with Gasteiger partial charge in [-0.15, -0.1) is 20.4 Å². The van der Waals surface area contributed by atoms with Gasteiger partial charge >= 0.3 is 0 Å². The monoisotopic (exact) mass is 441 g/mol. The predicted molar refractivity (Wildman–Crippen MR) is 114 cm³/mol. The van der Waals surface area contributed by atoms with Crippen LogP contribution in [0.15, 0.2) is 56.7 Å². The van der Waals surface area contributed by atoms with E-state index in [4.69, 9.17) is 20.4 Å². The van der Waals surface area contributed by atoms with Gasteiger partial charge in [-0.3, -0.25) is 4.57 Å². The Bertz CT molecular complexity index is 1120. The fourth-order valence-electron chi connectivity index (χ4n) is 3.80. The molecule has 0 unspecified atom stereocenters. The minimum absolute atomic E-state index is 0.373. The number of rotatable bonds is 6. The van der Waals surface area contributed by atoms with Crippen molar-refractivity contribution >= 4 is 23.4 Å². The van der Waals surface area contributed by atoms with E-state index in [1.54, 1.807) is 24.1 Å². The Balaban J connectivity index is 1.38. The number of hydrogen-bond acceptors (Lipinski definition) is 7. The molecule has 0 saturated heterocycles. The summed E-state index contributed by atoms with van der Waals surface area (Å²) < 4.78 is 13.7. The number of furan rings is 1. The molecular formula is C21H20ClN5O2S. The Hall–Kier alpha value is -2.58. The molecule has 1 fully saturated rings. The first-order valence-electron chi connectivity index (χ1n) is 9.98. The summed E-state index contributed by atoms with van der Waals surface area (Å²) in [6.07, 6.45) is 7.62. The van der Waals surface area contributed by atoms with Crippen LogP contribution in [0.5, 0.6) is 0 Å². The van der Waals surface area contributed by atoms with Gasteiger partial charge in [0.15, 0.2) is 10.9 Å². The predicted octanol–water partition coefficient (Wildman–Crippen LogP) is 6.04. The number of benzene rings is 1. The fraction of sp³-hybridized carbons (Fsp3) is 0.333. The summed E-state index contributed by atoms with van der Waals surface area (Å²) in [5.74, 6) is 2.95. The molecule has 1 aliphatic rings. The fourth-order valence-corrected chi connectivity index (χ4v) is 4.86. The normalized spacial score (nSPS) is 15.0. The SMILES string of the molecule is Clc1ccccc1-c1nnc(CSc2nnc(-c3ccco3)n2C2CCCCC2)o1. The Morgan fingerprint density at radius 2 is 1.87 bits per heavy atom. The third-order valence-electron chi connectivity index (χ3n) is 5.24. The molecule has 4 aromatic rings. The zero-order chi connectivity index (χ0) is 20.3. The average Bonchev–Trinajstić information content (AvgIpc) is 3.53. The van der Waals surface area contributed by atoms with Gasteiger partial charge < -0.3 is 8.83 Å². The van der Waals surface area contributed by atoms with Crippen molar-refractivity contribution in [1.29, 1.82) is 0 Å². The second kappa shape index (κ2) is 8.65. The van der Waals surface area contributed by atoms with Crippen molar-refractivity contribution in [2.75, 3.05) is 0 Å². The summed E-state index contributed by atoms with van der Waals surface area (Å²) in [4.78, 5) is 0. The van der Waals surface area contributed by atoms with Gasteiger partial charge in [0.1, 0.15) is 0 Å². The van der Waals surface area contributed by atoms with Crippen molar-refractivity contribution in [3.8, 4) is 23.0 Å². The molecule has 3 heterocycles. The van der Waals surface area contributed by atoms with Crippen molar-refractivity contribution in [3.05, 3.63) is 53.6 Å². The molecule has 0 N–H and O–H groups in total. The van der Waals surface area contributed by atoms with Gasteiger partial charge in [0.2, 0.25) is 17.6 Å². The third-order valence-corrected chi connectivity index (χ3v) is 6.50. The maximum atomic E-state index is 6.24. The van der Waals surface area contributed by atoms with E-state index in [0.717, 1.165) is 35.1 Å². The Morgan fingerprint density at radius 1 is 1.00 bits per heavy atom. The van der Waals surface area contributed by atoms with Crippen LogP contribution >= 0.6 is 23.4 Å². The minimum Gasteiger partial charge on any atom is -0.461 e. The van der Waals surface area contributed by atoms with Crippen LogP contribution in [0.3, 0.4) is 0 Å². The van der Waals surface area contributed by atoms with Gasteiger partial charge in [-0.1, -0.05) is 54.8 Å². The lowest BCUT2D eigenvalue weighted by molar-refractivity contribution is 0.337. The first-order valence-corrected chi connectivity index (χ1v) is 11.3. The van der Waals surface area contributed by atoms with Crippen molar-refractivity contribution in [2.45, 2.75) is 49.1 Å². The summed E-state index contributed by atoms with van der Waals surface area (Å²) >= 11 is 7.78. The minimum atomic E-state index is 0.373. The molecule has 1 saturated carbocycles. The van der Waals surface area contributed by atoms with Crippen molar-refractivity contribution in [3.63, 3.8) is 0 Å². The number of aromatic nitrogens is 5. The van der Waals surface area contributed by atoms with Crippen LogP contribution < -0.4 is 0 Å². The molecule has 0 atom stereocenters. The van der Waals surface area contributed by atoms with Crippen LogP contribution in [0.1, 0.15) is 44.0 Å². The van der Waals surface area contributed by atoms with Crippen LogP contribution in [0, 0.1) is 0 Å². The van der Waals surface area contributed by atoms with Crippen molar-refractivity contribution < 1.29 is 8.83 Å². The van der Waals surface area contributed by atoms with Crippen molar-refractivity contribution in [2.24, 2.45) is 0 Å². The largest absolute Gasteiger partial charge is 0.461 e. The van der Waals surface area contributed by atoms with Gasteiger partial charge in [-0.2, -0.15) is 0 Å². The molecule has 5 rings (SSSR count). The molecular weight excluding hydrogens is 422 g/mol. The maximum absolute atomic E-state index is 6.24. The Labute approximate surface area is 182 Å². The standard InChI is InChI=1S/C21H20ClN5O2S/c22-16-10-5-4-9-15(16)20-25-23-18(29-20)13-30-21-26-24-19(17-11-6-12-28-17)27(21)14-7-2-1-3-8-14/h4-6,9-12,14H,1-3,7-8,13H2. The molecule has 7 nitrogen and oxygen atoms in total. The number of hydrogen-bond donors (Lipinski definition) is 0. The van der Waals surface area contributed by atoms with E-state index in [1.807, 2.05) is 30.3 Å². The van der Waals surface area contributed by atoms with Crippen LogP contribution in [0.25, 0.3) is 23.0 Å². The maximum Gasteiger partial charge on any atom is 0.249 e. The molecule has 30 heavy (non-hydrogen) atoms. The molecule has 154 valence electrons. The van der Waals surface area contributed by atoms with Crippen molar-refractivity contribution in [1.82, 2.24) is 25.0 Å². The lowest BCUT2D eigenvalue weighted by atomic mass is 9.95. The Morgan fingerprint density at radius 3 is 2.67 bits per heavy atom. The molecule has 0 aliphatic heterocycles. The van der Waals surface area contributed by atoms with Gasteiger partial charge in [-0.05, 0) is 37.1 Å². The number of halogens is 1. The smallest absolute Gasteiger partial charge is 0.249 e. The lowest BCUT2D eigenvalue weighted by Gasteiger charge is -2.25. The third kappa shape index (κ3) is 3.89. The van der Waals surface area contributed by atoms with Crippen LogP contribution in [-0.2, 0) is 5.75 Å². The first kappa shape index (κ1) is 19.4. The van der Waals surface area contributed by atoms with Gasteiger partial charge in [-0.25, -0.2) is 0 Å². The molecule has 1 aliphatic carbocycles. The number of thioether (sulfide) groups is 1. The second-order valence-electron chi connectivity index (χ2n) is 7.21. The van der Waals surface area contributed by atoms with E-state index in [-0.39, 0.29) is 0 Å². The van der Waals surface area contributed by atoms with Crippen LogP contribution in [0.4, 0.5) is 0 Å². The molecule has 9 heteroatoms. The zero-order valence-corrected chi connectivity index (χ0v) is 17.8. The lowest BCUT2D eigenvalue weighted by Crippen LogP contribution is -2.15. The summed E-state index contributed by atoms with van der Waals surface area (Å²) in [5, 5.41) is 18.6. The highest BCUT2D eigenvalue weighted by Gasteiger charge is 2.25. The summed E-state index contributed by atoms with van der Waals surface area (Å²) in [5.41, 5.74) is 0.730. The van der Waals surface area contributed by atoms with Gasteiger partial charge in [0.25, 0.3) is 0 Å². The highest BCUT2D eigenvalue weighted by atomic mass is 35.5. The summed E-state index contributed by atoms with van der Waals surface area (Å²) in [6, 6.07) is 11.6. The van der Waals surface area contributed by atoms with E-state index >= 15 is 0 Å². The zero-order valence-electron chi connectivity index (χ0n) is 16.2. The summed E-state index contributed by atoms with van der Waals surface area (Å²) in [6.45, 7) is 0. The first-order chi connectivity index (χ1) is 14.8. The van der Waals surface area contributed by atoms with E-state index in [9.17, 15) is 0 Å². The number of nitrogens with zero attached hydrogens (tertiary/aromatic N) is 5. The summed E-state index contributed by atoms with van der Waals surface area (Å²) in [7, 11) is 0. The molecule has 0 spiro atoms. The van der Waals surface area contributed by atoms with Crippen LogP contribution in [-0.4, -0.2) is 25.0 Å². The topological polar surface area (TPSA) is 82.8 Å². The second-order valence-corrected chi connectivity index (χ2v) is 8.56. The molecule has 3 aromatic heterocycles. The highest BCUT2D eigenvalue weighted by Crippen LogP contribution is 2.36. The highest BCUT2D eigenvalue weighted by molar-refractivity contribution is 7.98. The average molecular weight is 442 g/mol. The molecule has 0 radical (unpaired) electrons. The quantitative estimate of drug-likeness (QED) is 0.337. The van der Waals surface area contributed by atoms with E-state index < -0.39 is 0 Å². The van der Waals surface area contributed by atoms with E-state index in [2.05, 4.69) is 25.0 Å². The van der Waals surface area contributed by atoms with Crippen LogP contribution in [0.2, 0.25) is 5.02 Å². The Kier molecular flexibility index (Phi) is 5.59. The van der Waals surface area contributed by atoms with E-state index in [1.165, 1.54) is 19.3 Å².